The van der Waals surface area contributed by atoms with E-state index in [4.69, 9.17) is 0 Å². The summed E-state index contributed by atoms with van der Waals surface area (Å²) in [7, 11) is 0. The number of anilines is 1. The van der Waals surface area contributed by atoms with E-state index in [0.29, 0.717) is 13.0 Å². The van der Waals surface area contributed by atoms with Gasteiger partial charge in [0, 0.05) is 24.7 Å². The highest BCUT2D eigenvalue weighted by atomic mass is 35.5. The molecule has 0 aliphatic carbocycles. The molecule has 5 nitrogen and oxygen atoms in total. The normalized spacial score (nSPS) is 21.5. The summed E-state index contributed by atoms with van der Waals surface area (Å²) in [6, 6.07) is 8.21. The van der Waals surface area contributed by atoms with Gasteiger partial charge in [-0.2, -0.15) is 0 Å². The van der Waals surface area contributed by atoms with Crippen LogP contribution in [0.4, 0.5) is 5.69 Å². The quantitative estimate of drug-likeness (QED) is 0.870. The molecule has 0 bridgehead atoms. The summed E-state index contributed by atoms with van der Waals surface area (Å²) in [5, 5.41) is 6.42. The molecule has 1 aromatic carbocycles. The third kappa shape index (κ3) is 4.08. The molecule has 2 saturated heterocycles. The van der Waals surface area contributed by atoms with Crippen molar-refractivity contribution in [3.05, 3.63) is 29.8 Å². The van der Waals surface area contributed by atoms with E-state index in [2.05, 4.69) is 17.6 Å². The van der Waals surface area contributed by atoms with Crippen LogP contribution in [0, 0.1) is 5.92 Å². The van der Waals surface area contributed by atoms with E-state index in [1.54, 1.807) is 4.90 Å². The Balaban J connectivity index is 0.00000208. The van der Waals surface area contributed by atoms with Crippen LogP contribution in [-0.4, -0.2) is 37.5 Å². The maximum Gasteiger partial charge on any atom is 0.227 e. The molecule has 0 radical (unpaired) electrons. The van der Waals surface area contributed by atoms with E-state index in [-0.39, 0.29) is 36.2 Å². The third-order valence-corrected chi connectivity index (χ3v) is 4.84. The van der Waals surface area contributed by atoms with Crippen molar-refractivity contribution in [2.45, 2.75) is 38.6 Å². The van der Waals surface area contributed by atoms with E-state index in [0.717, 1.165) is 43.6 Å². The van der Waals surface area contributed by atoms with Gasteiger partial charge in [-0.25, -0.2) is 0 Å². The van der Waals surface area contributed by atoms with Crippen LogP contribution in [-0.2, 0) is 16.0 Å². The Morgan fingerprint density at radius 1 is 1.29 bits per heavy atom. The number of carbonyl (C=O) groups excluding carboxylic acids is 2. The number of benzene rings is 1. The molecular weight excluding hydrogens is 326 g/mol. The van der Waals surface area contributed by atoms with Crippen LogP contribution >= 0.6 is 12.4 Å². The van der Waals surface area contributed by atoms with Crippen LogP contribution in [0.2, 0.25) is 0 Å². The number of rotatable bonds is 4. The van der Waals surface area contributed by atoms with E-state index in [1.165, 1.54) is 0 Å². The molecule has 1 atom stereocenters. The Bertz CT molecular complexity index is 587. The van der Waals surface area contributed by atoms with Crippen LogP contribution < -0.4 is 15.5 Å². The number of nitrogens with zero attached hydrogens (tertiary/aromatic N) is 1. The second-order valence-electron chi connectivity index (χ2n) is 6.42. The van der Waals surface area contributed by atoms with Crippen molar-refractivity contribution in [1.29, 1.82) is 0 Å². The monoisotopic (exact) mass is 351 g/mol. The van der Waals surface area contributed by atoms with Crippen molar-refractivity contribution in [1.82, 2.24) is 10.6 Å². The minimum Gasteiger partial charge on any atom is -0.353 e. The van der Waals surface area contributed by atoms with Gasteiger partial charge < -0.3 is 15.5 Å². The average molecular weight is 352 g/mol. The van der Waals surface area contributed by atoms with Crippen LogP contribution in [0.1, 0.15) is 31.7 Å². The van der Waals surface area contributed by atoms with Gasteiger partial charge in [-0.15, -0.1) is 12.4 Å². The molecule has 1 unspecified atom stereocenters. The molecule has 2 N–H and O–H groups in total. The van der Waals surface area contributed by atoms with E-state index < -0.39 is 0 Å². The minimum absolute atomic E-state index is 0. The van der Waals surface area contributed by atoms with Crippen molar-refractivity contribution >= 4 is 29.9 Å². The number of nitrogens with one attached hydrogen (secondary N) is 2. The number of aryl methyl sites for hydroxylation is 1. The Labute approximate surface area is 149 Å². The highest BCUT2D eigenvalue weighted by molar-refractivity contribution is 6.00. The van der Waals surface area contributed by atoms with Crippen molar-refractivity contribution in [2.24, 2.45) is 5.92 Å². The molecule has 0 aromatic heterocycles. The summed E-state index contributed by atoms with van der Waals surface area (Å²) >= 11 is 0. The Morgan fingerprint density at radius 3 is 2.71 bits per heavy atom. The van der Waals surface area contributed by atoms with E-state index in [1.807, 2.05) is 24.3 Å². The first kappa shape index (κ1) is 18.7. The van der Waals surface area contributed by atoms with Gasteiger partial charge in [-0.3, -0.25) is 9.59 Å². The van der Waals surface area contributed by atoms with Crippen molar-refractivity contribution < 1.29 is 9.59 Å². The van der Waals surface area contributed by atoms with Crippen LogP contribution in [0.5, 0.6) is 0 Å². The second kappa shape index (κ2) is 8.49. The summed E-state index contributed by atoms with van der Waals surface area (Å²) in [6.45, 7) is 4.47. The molecule has 3 rings (SSSR count). The van der Waals surface area contributed by atoms with Crippen molar-refractivity contribution in [3.8, 4) is 0 Å². The zero-order valence-electron chi connectivity index (χ0n) is 14.1. The molecule has 2 fully saturated rings. The number of amides is 2. The highest BCUT2D eigenvalue weighted by Crippen LogP contribution is 2.28. The van der Waals surface area contributed by atoms with Gasteiger partial charge >= 0.3 is 0 Å². The van der Waals surface area contributed by atoms with Gasteiger partial charge in [-0.05, 0) is 44.0 Å². The molecular formula is C18H26ClN3O2. The van der Waals surface area contributed by atoms with Gasteiger partial charge in [0.2, 0.25) is 11.8 Å². The topological polar surface area (TPSA) is 61.4 Å². The molecule has 2 amide bonds. The van der Waals surface area contributed by atoms with Crippen molar-refractivity contribution in [3.63, 3.8) is 0 Å². The van der Waals surface area contributed by atoms with Gasteiger partial charge in [0.25, 0.3) is 0 Å². The molecule has 132 valence electrons. The zero-order valence-corrected chi connectivity index (χ0v) is 14.9. The summed E-state index contributed by atoms with van der Waals surface area (Å²) < 4.78 is 0. The van der Waals surface area contributed by atoms with Gasteiger partial charge in [0.1, 0.15) is 0 Å². The van der Waals surface area contributed by atoms with Gasteiger partial charge in [0.05, 0.1) is 5.92 Å². The van der Waals surface area contributed by atoms with Crippen LogP contribution in [0.15, 0.2) is 24.3 Å². The second-order valence-corrected chi connectivity index (χ2v) is 6.42. The first-order valence-electron chi connectivity index (χ1n) is 8.58. The number of carbonyl (C=O) groups is 2. The first-order valence-corrected chi connectivity index (χ1v) is 8.58. The molecule has 2 heterocycles. The lowest BCUT2D eigenvalue weighted by atomic mass is 10.0. The van der Waals surface area contributed by atoms with Gasteiger partial charge in [0.15, 0.2) is 0 Å². The predicted molar refractivity (Wildman–Crippen MR) is 97.6 cm³/mol. The first-order chi connectivity index (χ1) is 11.2. The lowest BCUT2D eigenvalue weighted by Gasteiger charge is -2.25. The molecule has 24 heavy (non-hydrogen) atoms. The Kier molecular flexibility index (Phi) is 6.63. The number of hydrogen-bond donors (Lipinski definition) is 2. The summed E-state index contributed by atoms with van der Waals surface area (Å²) in [6.07, 6.45) is 3.13. The number of piperidine rings is 1. The lowest BCUT2D eigenvalue weighted by Crippen LogP contribution is -2.45. The SMILES string of the molecule is CCc1ccccc1N1CC(C(=O)NC2CCNCC2)CC1=O.Cl. The Hall–Kier alpha value is -1.59. The summed E-state index contributed by atoms with van der Waals surface area (Å²) in [5.74, 6) is -0.152. The van der Waals surface area contributed by atoms with Gasteiger partial charge in [-0.1, -0.05) is 25.1 Å². The van der Waals surface area contributed by atoms with Crippen molar-refractivity contribution in [2.75, 3.05) is 24.5 Å². The van der Waals surface area contributed by atoms with Crippen LogP contribution in [0.3, 0.4) is 0 Å². The predicted octanol–water partition coefficient (Wildman–Crippen LogP) is 1.89. The van der Waals surface area contributed by atoms with E-state index in [9.17, 15) is 9.59 Å². The molecule has 2 aliphatic heterocycles. The average Bonchev–Trinajstić information content (AvgIpc) is 2.97. The Morgan fingerprint density at radius 2 is 2.00 bits per heavy atom. The molecule has 1 aromatic rings. The standard InChI is InChI=1S/C18H25N3O2.ClH/c1-2-13-5-3-4-6-16(13)21-12-14(11-17(21)22)18(23)20-15-7-9-19-10-8-15;/h3-6,14-15,19H,2,7-12H2,1H3,(H,20,23);1H. The number of hydrogen-bond acceptors (Lipinski definition) is 3. The molecule has 6 heteroatoms. The fourth-order valence-corrected chi connectivity index (χ4v) is 3.47. The summed E-state index contributed by atoms with van der Waals surface area (Å²) in [4.78, 5) is 26.6. The summed E-state index contributed by atoms with van der Waals surface area (Å²) in [5.41, 5.74) is 2.11. The maximum absolute atomic E-state index is 12.5. The largest absolute Gasteiger partial charge is 0.353 e. The highest BCUT2D eigenvalue weighted by Gasteiger charge is 2.36. The third-order valence-electron chi connectivity index (χ3n) is 4.84. The molecule has 0 saturated carbocycles. The maximum atomic E-state index is 12.5. The molecule has 0 spiro atoms. The number of halogens is 1. The smallest absolute Gasteiger partial charge is 0.227 e. The molecule has 2 aliphatic rings. The minimum atomic E-state index is -0.234. The fraction of sp³-hybridized carbons (Fsp3) is 0.556. The van der Waals surface area contributed by atoms with E-state index >= 15 is 0 Å². The zero-order chi connectivity index (χ0) is 16.2. The van der Waals surface area contributed by atoms with Crippen LogP contribution in [0.25, 0.3) is 0 Å². The fourth-order valence-electron chi connectivity index (χ4n) is 3.47. The lowest BCUT2D eigenvalue weighted by molar-refractivity contribution is -0.127. The number of para-hydroxylation sites is 1.